The second kappa shape index (κ2) is 7.28. The largest absolute Gasteiger partial charge is 0.325 e. The van der Waals surface area contributed by atoms with Crippen LogP contribution in [0.15, 0.2) is 30.3 Å². The van der Waals surface area contributed by atoms with Crippen LogP contribution in [0.2, 0.25) is 0 Å². The van der Waals surface area contributed by atoms with Gasteiger partial charge >= 0.3 is 0 Å². The summed E-state index contributed by atoms with van der Waals surface area (Å²) in [6, 6.07) is 10.6. The van der Waals surface area contributed by atoms with Crippen molar-refractivity contribution in [2.45, 2.75) is 45.6 Å². The van der Waals surface area contributed by atoms with Crippen LogP contribution in [0.5, 0.6) is 0 Å². The Kier molecular flexibility index (Phi) is 7.24. The van der Waals surface area contributed by atoms with Gasteiger partial charge in [0.25, 0.3) is 0 Å². The number of rotatable bonds is 5. The maximum atomic E-state index is 6.21. The van der Waals surface area contributed by atoms with E-state index >= 15 is 0 Å². The summed E-state index contributed by atoms with van der Waals surface area (Å²) in [5.41, 5.74) is 7.53. The molecule has 0 aliphatic rings. The van der Waals surface area contributed by atoms with E-state index in [0.29, 0.717) is 5.92 Å². The van der Waals surface area contributed by atoms with Crippen LogP contribution in [-0.4, -0.2) is 5.54 Å². The van der Waals surface area contributed by atoms with Crippen molar-refractivity contribution in [3.63, 3.8) is 0 Å². The Morgan fingerprint density at radius 1 is 1.19 bits per heavy atom. The van der Waals surface area contributed by atoms with Crippen LogP contribution < -0.4 is 5.73 Å². The van der Waals surface area contributed by atoms with Gasteiger partial charge in [0.15, 0.2) is 0 Å². The summed E-state index contributed by atoms with van der Waals surface area (Å²) in [5.74, 6) is 0.574. The third kappa shape index (κ3) is 5.30. The van der Waals surface area contributed by atoms with Crippen molar-refractivity contribution in [3.8, 4) is 0 Å². The van der Waals surface area contributed by atoms with Crippen molar-refractivity contribution in [1.29, 1.82) is 0 Å². The van der Waals surface area contributed by atoms with Gasteiger partial charge in [0.05, 0.1) is 0 Å². The first-order valence-corrected chi connectivity index (χ1v) is 5.87. The molecule has 92 valence electrons. The Morgan fingerprint density at radius 3 is 2.19 bits per heavy atom. The van der Waals surface area contributed by atoms with E-state index in [4.69, 9.17) is 5.73 Å². The zero-order valence-corrected chi connectivity index (χ0v) is 12.9. The van der Waals surface area contributed by atoms with Gasteiger partial charge in [-0.05, 0) is 38.2 Å². The first-order valence-electron chi connectivity index (χ1n) is 5.87. The molecule has 0 saturated carbocycles. The number of hydrogen-bond donors (Lipinski definition) is 1. The highest BCUT2D eigenvalue weighted by Crippen LogP contribution is 2.23. The molecule has 0 radical (unpaired) electrons. The van der Waals surface area contributed by atoms with Crippen LogP contribution in [0.4, 0.5) is 0 Å². The van der Waals surface area contributed by atoms with Crippen molar-refractivity contribution in [3.05, 3.63) is 35.9 Å². The molecule has 0 aliphatic carbocycles. The maximum absolute atomic E-state index is 6.21. The number of nitrogens with two attached hydrogens (primary N) is 1. The number of hydrogen-bond acceptors (Lipinski definition) is 1. The minimum Gasteiger partial charge on any atom is -0.325 e. The van der Waals surface area contributed by atoms with Crippen molar-refractivity contribution < 1.29 is 0 Å². The Hall–Kier alpha value is -0.0900. The van der Waals surface area contributed by atoms with Gasteiger partial charge in [-0.1, -0.05) is 43.7 Å². The molecule has 0 amide bonds. The summed E-state index contributed by atoms with van der Waals surface area (Å²) in [6.07, 6.45) is 3.51. The van der Waals surface area contributed by atoms with Gasteiger partial charge in [-0.25, -0.2) is 0 Å². The first-order chi connectivity index (χ1) is 7.04. The van der Waals surface area contributed by atoms with Crippen LogP contribution in [0, 0.1) is 5.92 Å². The Balaban J connectivity index is 0.00000225. The fraction of sp³-hybridized carbons (Fsp3) is 0.571. The van der Waals surface area contributed by atoms with Gasteiger partial charge in [-0.15, -0.1) is 24.0 Å². The van der Waals surface area contributed by atoms with Gasteiger partial charge in [0, 0.05) is 5.54 Å². The summed E-state index contributed by atoms with van der Waals surface area (Å²) >= 11 is 0. The number of halogens is 1. The van der Waals surface area contributed by atoms with E-state index in [1.54, 1.807) is 0 Å². The summed E-state index contributed by atoms with van der Waals surface area (Å²) in [6.45, 7) is 6.50. The minimum atomic E-state index is -0.0775. The van der Waals surface area contributed by atoms with E-state index in [0.717, 1.165) is 6.42 Å². The van der Waals surface area contributed by atoms with Crippen LogP contribution in [0.3, 0.4) is 0 Å². The van der Waals surface area contributed by atoms with Crippen molar-refractivity contribution in [2.75, 3.05) is 0 Å². The monoisotopic (exact) mass is 333 g/mol. The van der Waals surface area contributed by atoms with Gasteiger partial charge in [-0.3, -0.25) is 0 Å². The van der Waals surface area contributed by atoms with Crippen molar-refractivity contribution in [2.24, 2.45) is 11.7 Å². The topological polar surface area (TPSA) is 26.0 Å². The molecule has 0 aromatic heterocycles. The van der Waals surface area contributed by atoms with Crippen LogP contribution in [-0.2, 0) is 6.42 Å². The lowest BCUT2D eigenvalue weighted by atomic mass is 9.80. The zero-order valence-electron chi connectivity index (χ0n) is 10.6. The Morgan fingerprint density at radius 2 is 1.75 bits per heavy atom. The molecule has 16 heavy (non-hydrogen) atoms. The Labute approximate surface area is 117 Å². The van der Waals surface area contributed by atoms with E-state index < -0.39 is 0 Å². The third-order valence-electron chi connectivity index (χ3n) is 3.01. The minimum absolute atomic E-state index is 0. The van der Waals surface area contributed by atoms with Crippen molar-refractivity contribution >= 4 is 24.0 Å². The molecule has 0 saturated heterocycles. The van der Waals surface area contributed by atoms with Gasteiger partial charge < -0.3 is 5.73 Å². The van der Waals surface area contributed by atoms with Gasteiger partial charge in [-0.2, -0.15) is 0 Å². The summed E-state index contributed by atoms with van der Waals surface area (Å²) in [5, 5.41) is 0. The molecule has 1 unspecified atom stereocenters. The highest BCUT2D eigenvalue weighted by molar-refractivity contribution is 14.0. The van der Waals surface area contributed by atoms with E-state index in [1.165, 1.54) is 18.4 Å². The van der Waals surface area contributed by atoms with Crippen molar-refractivity contribution in [1.82, 2.24) is 0 Å². The predicted molar refractivity (Wildman–Crippen MR) is 82.2 cm³/mol. The molecular weight excluding hydrogens is 309 g/mol. The molecule has 0 bridgehead atoms. The second-order valence-electron chi connectivity index (χ2n) is 5.00. The smallest absolute Gasteiger partial charge is 0.0129 e. The molecule has 2 heteroatoms. The van der Waals surface area contributed by atoms with Gasteiger partial charge in [0.2, 0.25) is 0 Å². The molecule has 0 spiro atoms. The molecule has 0 fully saturated rings. The fourth-order valence-electron chi connectivity index (χ4n) is 1.98. The maximum Gasteiger partial charge on any atom is 0.0129 e. The van der Waals surface area contributed by atoms with E-state index in [1.807, 2.05) is 0 Å². The molecule has 0 heterocycles. The third-order valence-corrected chi connectivity index (χ3v) is 3.01. The highest BCUT2D eigenvalue weighted by atomic mass is 127. The lowest BCUT2D eigenvalue weighted by molar-refractivity contribution is 0.297. The standard InChI is InChI=1S/C14H23N.HI/c1-4-8-13(14(2,3)15)11-12-9-6-5-7-10-12;/h5-7,9-10,13H,4,8,11,15H2,1-3H3;1H. The highest BCUT2D eigenvalue weighted by Gasteiger charge is 2.24. The lowest BCUT2D eigenvalue weighted by Crippen LogP contribution is -2.41. The SMILES string of the molecule is CCCC(Cc1ccccc1)C(C)(C)N.I. The van der Waals surface area contributed by atoms with E-state index in [-0.39, 0.29) is 29.5 Å². The average molecular weight is 333 g/mol. The second-order valence-corrected chi connectivity index (χ2v) is 5.00. The molecule has 1 aromatic carbocycles. The zero-order chi connectivity index (χ0) is 11.3. The predicted octanol–water partition coefficient (Wildman–Crippen LogP) is 4.00. The van der Waals surface area contributed by atoms with E-state index in [2.05, 4.69) is 51.1 Å². The molecular formula is C14H24IN. The fourth-order valence-corrected chi connectivity index (χ4v) is 1.98. The van der Waals surface area contributed by atoms with Crippen LogP contribution >= 0.6 is 24.0 Å². The quantitative estimate of drug-likeness (QED) is 0.810. The molecule has 1 aromatic rings. The molecule has 0 aliphatic heterocycles. The van der Waals surface area contributed by atoms with Crippen LogP contribution in [0.25, 0.3) is 0 Å². The summed E-state index contributed by atoms with van der Waals surface area (Å²) < 4.78 is 0. The Bertz CT molecular complexity index is 277. The summed E-state index contributed by atoms with van der Waals surface area (Å²) in [4.78, 5) is 0. The molecule has 1 atom stereocenters. The normalized spacial score (nSPS) is 13.0. The summed E-state index contributed by atoms with van der Waals surface area (Å²) in [7, 11) is 0. The molecule has 1 rings (SSSR count). The van der Waals surface area contributed by atoms with E-state index in [9.17, 15) is 0 Å². The first kappa shape index (κ1) is 15.9. The molecule has 2 N–H and O–H groups in total. The molecule has 1 nitrogen and oxygen atoms in total. The van der Waals surface area contributed by atoms with Crippen LogP contribution in [0.1, 0.15) is 39.2 Å². The number of benzene rings is 1. The lowest BCUT2D eigenvalue weighted by Gasteiger charge is -2.30. The van der Waals surface area contributed by atoms with Gasteiger partial charge in [0.1, 0.15) is 0 Å². The average Bonchev–Trinajstić information content (AvgIpc) is 2.17.